The molecule has 0 N–H and O–H groups in total. The van der Waals surface area contributed by atoms with Crippen LogP contribution in [0.2, 0.25) is 0 Å². The fourth-order valence-electron chi connectivity index (χ4n) is 1.61. The molecule has 0 bridgehead atoms. The molecule has 0 atom stereocenters. The number of aryl methyl sites for hydroxylation is 1. The summed E-state index contributed by atoms with van der Waals surface area (Å²) >= 11 is 0. The summed E-state index contributed by atoms with van der Waals surface area (Å²) < 4.78 is 27.8. The van der Waals surface area contributed by atoms with Gasteiger partial charge in [-0.3, -0.25) is 0 Å². The van der Waals surface area contributed by atoms with Crippen molar-refractivity contribution in [3.8, 4) is 5.69 Å². The first-order valence-electron chi connectivity index (χ1n) is 4.99. The first-order valence-corrected chi connectivity index (χ1v) is 4.99. The van der Waals surface area contributed by atoms with Gasteiger partial charge in [0.15, 0.2) is 5.82 Å². The Bertz CT molecular complexity index is 544. The van der Waals surface area contributed by atoms with Crippen LogP contribution in [-0.4, -0.2) is 9.78 Å². The highest BCUT2D eigenvalue weighted by Crippen LogP contribution is 2.19. The zero-order valence-electron chi connectivity index (χ0n) is 9.38. The number of aromatic nitrogens is 2. The number of rotatable bonds is 1. The van der Waals surface area contributed by atoms with Gasteiger partial charge in [0.2, 0.25) is 0 Å². The third-order valence-corrected chi connectivity index (χ3v) is 2.79. The van der Waals surface area contributed by atoms with Crippen molar-refractivity contribution in [2.24, 2.45) is 0 Å². The lowest BCUT2D eigenvalue weighted by atomic mass is 10.2. The molecule has 0 aliphatic heterocycles. The smallest absolute Gasteiger partial charge is 0.151 e. The Balaban J connectivity index is 2.63. The number of halogens is 2. The van der Waals surface area contributed by atoms with E-state index >= 15 is 0 Å². The molecule has 0 aliphatic rings. The van der Waals surface area contributed by atoms with Crippen LogP contribution in [-0.2, 0) is 0 Å². The fourth-order valence-corrected chi connectivity index (χ4v) is 1.61. The lowest BCUT2D eigenvalue weighted by molar-refractivity contribution is 0.572. The van der Waals surface area contributed by atoms with E-state index in [1.807, 2.05) is 20.8 Å². The van der Waals surface area contributed by atoms with Gasteiger partial charge in [-0.1, -0.05) is 0 Å². The molecule has 2 nitrogen and oxygen atoms in total. The first-order chi connectivity index (χ1) is 7.50. The molecule has 1 aromatic heterocycles. The van der Waals surface area contributed by atoms with Gasteiger partial charge in [-0.05, 0) is 38.5 Å². The van der Waals surface area contributed by atoms with Gasteiger partial charge >= 0.3 is 0 Å². The van der Waals surface area contributed by atoms with Crippen molar-refractivity contribution in [1.29, 1.82) is 0 Å². The highest BCUT2D eigenvalue weighted by atomic mass is 19.1. The van der Waals surface area contributed by atoms with Crippen molar-refractivity contribution in [3.05, 3.63) is 46.8 Å². The molecule has 84 valence electrons. The largest absolute Gasteiger partial charge is 0.235 e. The van der Waals surface area contributed by atoms with Gasteiger partial charge in [-0.25, -0.2) is 13.5 Å². The molecule has 1 heterocycles. The second-order valence-corrected chi connectivity index (χ2v) is 3.80. The molecule has 0 saturated heterocycles. The van der Waals surface area contributed by atoms with Gasteiger partial charge in [0, 0.05) is 11.8 Å². The normalized spacial score (nSPS) is 10.8. The maximum atomic E-state index is 13.6. The molecule has 0 radical (unpaired) electrons. The third-order valence-electron chi connectivity index (χ3n) is 2.79. The minimum atomic E-state index is -0.606. The van der Waals surface area contributed by atoms with Crippen LogP contribution in [0.15, 0.2) is 18.2 Å². The van der Waals surface area contributed by atoms with Crippen LogP contribution in [0.25, 0.3) is 5.69 Å². The van der Waals surface area contributed by atoms with E-state index in [1.54, 1.807) is 0 Å². The molecule has 0 fully saturated rings. The summed E-state index contributed by atoms with van der Waals surface area (Å²) in [4.78, 5) is 0. The van der Waals surface area contributed by atoms with Gasteiger partial charge in [0.05, 0.1) is 5.69 Å². The van der Waals surface area contributed by atoms with E-state index in [9.17, 15) is 8.78 Å². The van der Waals surface area contributed by atoms with Crippen molar-refractivity contribution < 1.29 is 8.78 Å². The molecule has 2 aromatic rings. The van der Waals surface area contributed by atoms with Crippen LogP contribution in [0, 0.1) is 32.4 Å². The van der Waals surface area contributed by atoms with Crippen LogP contribution in [0.1, 0.15) is 17.0 Å². The molecule has 16 heavy (non-hydrogen) atoms. The number of hydrogen-bond acceptors (Lipinski definition) is 1. The predicted octanol–water partition coefficient (Wildman–Crippen LogP) is 3.08. The summed E-state index contributed by atoms with van der Waals surface area (Å²) in [6.07, 6.45) is 0. The Morgan fingerprint density at radius 3 is 2.31 bits per heavy atom. The monoisotopic (exact) mass is 222 g/mol. The summed E-state index contributed by atoms with van der Waals surface area (Å²) in [7, 11) is 0. The molecular formula is C12H12F2N2. The van der Waals surface area contributed by atoms with E-state index in [-0.39, 0.29) is 5.69 Å². The number of benzene rings is 1. The molecule has 0 spiro atoms. The Morgan fingerprint density at radius 1 is 1.12 bits per heavy atom. The molecule has 2 rings (SSSR count). The highest BCUT2D eigenvalue weighted by molar-refractivity contribution is 5.37. The van der Waals surface area contributed by atoms with E-state index in [0.29, 0.717) is 0 Å². The maximum Gasteiger partial charge on any atom is 0.151 e. The molecule has 4 heteroatoms. The van der Waals surface area contributed by atoms with E-state index in [2.05, 4.69) is 5.10 Å². The summed E-state index contributed by atoms with van der Waals surface area (Å²) in [5, 5.41) is 4.22. The van der Waals surface area contributed by atoms with Gasteiger partial charge in [-0.2, -0.15) is 5.10 Å². The average Bonchev–Trinajstić information content (AvgIpc) is 2.46. The zero-order valence-corrected chi connectivity index (χ0v) is 9.38. The summed E-state index contributed by atoms with van der Waals surface area (Å²) in [5.41, 5.74) is 3.00. The molecule has 0 amide bonds. The van der Waals surface area contributed by atoms with Gasteiger partial charge in [0.1, 0.15) is 11.5 Å². The van der Waals surface area contributed by atoms with E-state index < -0.39 is 11.6 Å². The SMILES string of the molecule is Cc1nn(-c2ccc(F)cc2F)c(C)c1C. The van der Waals surface area contributed by atoms with Gasteiger partial charge in [0.25, 0.3) is 0 Å². The molecule has 0 aliphatic carbocycles. The molecule has 1 aromatic carbocycles. The van der Waals surface area contributed by atoms with Gasteiger partial charge in [-0.15, -0.1) is 0 Å². The van der Waals surface area contributed by atoms with Crippen molar-refractivity contribution in [1.82, 2.24) is 9.78 Å². The second kappa shape index (κ2) is 3.70. The zero-order chi connectivity index (χ0) is 11.9. The van der Waals surface area contributed by atoms with Crippen LogP contribution in [0.4, 0.5) is 8.78 Å². The topological polar surface area (TPSA) is 17.8 Å². The van der Waals surface area contributed by atoms with Crippen LogP contribution in [0.3, 0.4) is 0 Å². The Labute approximate surface area is 92.5 Å². The molecule has 0 unspecified atom stereocenters. The summed E-state index contributed by atoms with van der Waals surface area (Å²) in [6, 6.07) is 3.48. The van der Waals surface area contributed by atoms with Crippen LogP contribution >= 0.6 is 0 Å². The van der Waals surface area contributed by atoms with Crippen molar-refractivity contribution >= 4 is 0 Å². The maximum absolute atomic E-state index is 13.6. The fraction of sp³-hybridized carbons (Fsp3) is 0.250. The molecular weight excluding hydrogens is 210 g/mol. The number of nitrogens with zero attached hydrogens (tertiary/aromatic N) is 2. The van der Waals surface area contributed by atoms with E-state index in [0.717, 1.165) is 23.0 Å². The lowest BCUT2D eigenvalue weighted by Crippen LogP contribution is -2.02. The van der Waals surface area contributed by atoms with Crippen molar-refractivity contribution in [2.75, 3.05) is 0 Å². The van der Waals surface area contributed by atoms with Gasteiger partial charge < -0.3 is 0 Å². The predicted molar refractivity (Wildman–Crippen MR) is 57.7 cm³/mol. The van der Waals surface area contributed by atoms with E-state index in [1.165, 1.54) is 16.8 Å². The average molecular weight is 222 g/mol. The Hall–Kier alpha value is -1.71. The summed E-state index contributed by atoms with van der Waals surface area (Å²) in [6.45, 7) is 5.65. The Morgan fingerprint density at radius 2 is 1.81 bits per heavy atom. The Kier molecular flexibility index (Phi) is 2.50. The third kappa shape index (κ3) is 1.60. The van der Waals surface area contributed by atoms with E-state index in [4.69, 9.17) is 0 Å². The summed E-state index contributed by atoms with van der Waals surface area (Å²) in [5.74, 6) is -1.19. The highest BCUT2D eigenvalue weighted by Gasteiger charge is 2.12. The lowest BCUT2D eigenvalue weighted by Gasteiger charge is -2.05. The van der Waals surface area contributed by atoms with Crippen LogP contribution < -0.4 is 0 Å². The van der Waals surface area contributed by atoms with Crippen molar-refractivity contribution in [2.45, 2.75) is 20.8 Å². The number of hydrogen-bond donors (Lipinski definition) is 0. The minimum Gasteiger partial charge on any atom is -0.235 e. The quantitative estimate of drug-likeness (QED) is 0.725. The standard InChI is InChI=1S/C12H12F2N2/c1-7-8(2)15-16(9(7)3)12-5-4-10(13)6-11(12)14/h4-6H,1-3H3. The second-order valence-electron chi connectivity index (χ2n) is 3.80. The minimum absolute atomic E-state index is 0.273. The van der Waals surface area contributed by atoms with Crippen molar-refractivity contribution in [3.63, 3.8) is 0 Å². The first kappa shape index (κ1) is 10.8. The van der Waals surface area contributed by atoms with Crippen LogP contribution in [0.5, 0.6) is 0 Å². The molecule has 0 saturated carbocycles.